The molecular formula is C11H22ClN3. The number of nitrogens with one attached hydrogen (secondary N) is 1. The Morgan fingerprint density at radius 2 is 2.20 bits per heavy atom. The molecule has 15 heavy (non-hydrogen) atoms. The molecule has 0 unspecified atom stereocenters. The molecule has 0 aliphatic rings. The molecule has 0 fully saturated rings. The van der Waals surface area contributed by atoms with Crippen molar-refractivity contribution < 1.29 is 0 Å². The Labute approximate surface area is 98.7 Å². The molecule has 0 saturated heterocycles. The summed E-state index contributed by atoms with van der Waals surface area (Å²) in [6, 6.07) is 2.08. The van der Waals surface area contributed by atoms with Gasteiger partial charge in [-0.2, -0.15) is 5.10 Å². The Kier molecular flexibility index (Phi) is 7.44. The predicted octanol–water partition coefficient (Wildman–Crippen LogP) is 2.46. The number of halogens is 1. The van der Waals surface area contributed by atoms with Gasteiger partial charge in [0, 0.05) is 19.3 Å². The van der Waals surface area contributed by atoms with Crippen LogP contribution in [-0.2, 0) is 13.1 Å². The van der Waals surface area contributed by atoms with E-state index < -0.39 is 0 Å². The Morgan fingerprint density at radius 3 is 2.73 bits per heavy atom. The minimum absolute atomic E-state index is 0. The smallest absolute Gasteiger partial charge is 0.0762 e. The lowest BCUT2D eigenvalue weighted by atomic mass is 10.1. The van der Waals surface area contributed by atoms with Crippen LogP contribution in [0.5, 0.6) is 0 Å². The number of rotatable bonds is 6. The SMILES string of the molecule is CCn1ccc(CNCCC(C)C)n1.Cl. The van der Waals surface area contributed by atoms with E-state index >= 15 is 0 Å². The second kappa shape index (κ2) is 7.71. The van der Waals surface area contributed by atoms with E-state index in [1.54, 1.807) is 0 Å². The number of aromatic nitrogens is 2. The van der Waals surface area contributed by atoms with Gasteiger partial charge >= 0.3 is 0 Å². The zero-order valence-electron chi connectivity index (χ0n) is 9.86. The van der Waals surface area contributed by atoms with E-state index in [-0.39, 0.29) is 12.4 Å². The largest absolute Gasteiger partial charge is 0.311 e. The summed E-state index contributed by atoms with van der Waals surface area (Å²) in [7, 11) is 0. The fourth-order valence-corrected chi connectivity index (χ4v) is 1.28. The van der Waals surface area contributed by atoms with Gasteiger partial charge in [0.05, 0.1) is 5.69 Å². The zero-order valence-corrected chi connectivity index (χ0v) is 10.7. The lowest BCUT2D eigenvalue weighted by molar-refractivity contribution is 0.531. The molecule has 0 aromatic carbocycles. The fraction of sp³-hybridized carbons (Fsp3) is 0.727. The van der Waals surface area contributed by atoms with Crippen LogP contribution in [0.3, 0.4) is 0 Å². The Bertz CT molecular complexity index is 258. The Hall–Kier alpha value is -0.540. The third-order valence-electron chi connectivity index (χ3n) is 2.22. The maximum absolute atomic E-state index is 4.40. The van der Waals surface area contributed by atoms with Crippen LogP contribution in [0.2, 0.25) is 0 Å². The van der Waals surface area contributed by atoms with Crippen LogP contribution in [0.4, 0.5) is 0 Å². The average molecular weight is 232 g/mol. The van der Waals surface area contributed by atoms with Crippen LogP contribution in [0.1, 0.15) is 32.9 Å². The molecule has 0 spiro atoms. The van der Waals surface area contributed by atoms with Gasteiger partial charge in [0.2, 0.25) is 0 Å². The van der Waals surface area contributed by atoms with Crippen molar-refractivity contribution in [2.24, 2.45) is 5.92 Å². The lowest BCUT2D eigenvalue weighted by Crippen LogP contribution is -2.16. The molecule has 3 nitrogen and oxygen atoms in total. The number of aryl methyl sites for hydroxylation is 1. The van der Waals surface area contributed by atoms with Crippen molar-refractivity contribution in [1.29, 1.82) is 0 Å². The molecule has 1 aromatic rings. The van der Waals surface area contributed by atoms with Crippen molar-refractivity contribution in [2.75, 3.05) is 6.54 Å². The fourth-order valence-electron chi connectivity index (χ4n) is 1.28. The molecule has 0 amide bonds. The van der Waals surface area contributed by atoms with Gasteiger partial charge in [-0.25, -0.2) is 0 Å². The van der Waals surface area contributed by atoms with Gasteiger partial charge in [0.15, 0.2) is 0 Å². The standard InChI is InChI=1S/C11H21N3.ClH/c1-4-14-8-6-11(13-14)9-12-7-5-10(2)3;/h6,8,10,12H,4-5,7,9H2,1-3H3;1H. The van der Waals surface area contributed by atoms with Crippen molar-refractivity contribution in [3.63, 3.8) is 0 Å². The number of hydrogen-bond acceptors (Lipinski definition) is 2. The topological polar surface area (TPSA) is 29.9 Å². The van der Waals surface area contributed by atoms with Gasteiger partial charge in [0.1, 0.15) is 0 Å². The van der Waals surface area contributed by atoms with Gasteiger partial charge in [-0.05, 0) is 31.9 Å². The highest BCUT2D eigenvalue weighted by atomic mass is 35.5. The number of hydrogen-bond donors (Lipinski definition) is 1. The maximum atomic E-state index is 4.40. The summed E-state index contributed by atoms with van der Waals surface area (Å²) in [4.78, 5) is 0. The summed E-state index contributed by atoms with van der Waals surface area (Å²) >= 11 is 0. The van der Waals surface area contributed by atoms with E-state index in [2.05, 4.69) is 37.3 Å². The molecule has 0 aliphatic carbocycles. The van der Waals surface area contributed by atoms with Gasteiger partial charge < -0.3 is 5.32 Å². The van der Waals surface area contributed by atoms with Crippen molar-refractivity contribution in [3.05, 3.63) is 18.0 Å². The Balaban J connectivity index is 0.00000196. The third-order valence-corrected chi connectivity index (χ3v) is 2.22. The number of nitrogens with zero attached hydrogens (tertiary/aromatic N) is 2. The molecule has 0 aliphatic heterocycles. The highest BCUT2D eigenvalue weighted by Gasteiger charge is 1.97. The molecular weight excluding hydrogens is 210 g/mol. The summed E-state index contributed by atoms with van der Waals surface area (Å²) in [6.07, 6.45) is 3.26. The summed E-state index contributed by atoms with van der Waals surface area (Å²) in [6.45, 7) is 9.51. The summed E-state index contributed by atoms with van der Waals surface area (Å²) in [5.74, 6) is 0.774. The summed E-state index contributed by atoms with van der Waals surface area (Å²) in [5.41, 5.74) is 1.13. The summed E-state index contributed by atoms with van der Waals surface area (Å²) < 4.78 is 1.96. The molecule has 0 radical (unpaired) electrons. The van der Waals surface area contributed by atoms with E-state index in [1.165, 1.54) is 6.42 Å². The quantitative estimate of drug-likeness (QED) is 0.763. The van der Waals surface area contributed by atoms with E-state index in [0.717, 1.165) is 31.2 Å². The second-order valence-electron chi connectivity index (χ2n) is 4.02. The van der Waals surface area contributed by atoms with Gasteiger partial charge in [0.25, 0.3) is 0 Å². The van der Waals surface area contributed by atoms with Crippen molar-refractivity contribution >= 4 is 12.4 Å². The highest BCUT2D eigenvalue weighted by molar-refractivity contribution is 5.85. The molecule has 1 N–H and O–H groups in total. The van der Waals surface area contributed by atoms with Crippen molar-refractivity contribution in [1.82, 2.24) is 15.1 Å². The maximum Gasteiger partial charge on any atom is 0.0762 e. The van der Waals surface area contributed by atoms with Gasteiger partial charge in [-0.1, -0.05) is 13.8 Å². The molecule has 0 atom stereocenters. The molecule has 1 aromatic heterocycles. The van der Waals surface area contributed by atoms with Crippen LogP contribution < -0.4 is 5.32 Å². The van der Waals surface area contributed by atoms with Crippen molar-refractivity contribution in [3.8, 4) is 0 Å². The molecule has 0 bridgehead atoms. The minimum Gasteiger partial charge on any atom is -0.311 e. The van der Waals surface area contributed by atoms with Crippen LogP contribution in [0.25, 0.3) is 0 Å². The van der Waals surface area contributed by atoms with Crippen LogP contribution in [0.15, 0.2) is 12.3 Å². The van der Waals surface area contributed by atoms with Crippen LogP contribution in [0, 0.1) is 5.92 Å². The molecule has 4 heteroatoms. The normalized spacial score (nSPS) is 10.4. The first kappa shape index (κ1) is 14.5. The van der Waals surface area contributed by atoms with E-state index in [4.69, 9.17) is 0 Å². The lowest BCUT2D eigenvalue weighted by Gasteiger charge is -2.04. The average Bonchev–Trinajstić information content (AvgIpc) is 2.60. The van der Waals surface area contributed by atoms with E-state index in [0.29, 0.717) is 0 Å². The van der Waals surface area contributed by atoms with E-state index in [1.807, 2.05) is 10.9 Å². The van der Waals surface area contributed by atoms with Crippen molar-refractivity contribution in [2.45, 2.75) is 40.3 Å². The Morgan fingerprint density at radius 1 is 1.47 bits per heavy atom. The predicted molar refractivity (Wildman–Crippen MR) is 66.3 cm³/mol. The zero-order chi connectivity index (χ0) is 10.4. The molecule has 1 heterocycles. The molecule has 0 saturated carbocycles. The van der Waals surface area contributed by atoms with Crippen LogP contribution in [-0.4, -0.2) is 16.3 Å². The highest BCUT2D eigenvalue weighted by Crippen LogP contribution is 1.98. The summed E-state index contributed by atoms with van der Waals surface area (Å²) in [5, 5.41) is 7.79. The van der Waals surface area contributed by atoms with E-state index in [9.17, 15) is 0 Å². The molecule has 1 rings (SSSR count). The van der Waals surface area contributed by atoms with Crippen LogP contribution >= 0.6 is 12.4 Å². The second-order valence-corrected chi connectivity index (χ2v) is 4.02. The molecule has 88 valence electrons. The third kappa shape index (κ3) is 5.80. The monoisotopic (exact) mass is 231 g/mol. The minimum atomic E-state index is 0. The van der Waals surface area contributed by atoms with Gasteiger partial charge in [-0.15, -0.1) is 12.4 Å². The first-order valence-electron chi connectivity index (χ1n) is 5.45. The van der Waals surface area contributed by atoms with Gasteiger partial charge in [-0.3, -0.25) is 4.68 Å². The first-order valence-corrected chi connectivity index (χ1v) is 5.45. The first-order chi connectivity index (χ1) is 6.72.